The molecule has 0 bridgehead atoms. The van der Waals surface area contributed by atoms with Crippen LogP contribution in [0.3, 0.4) is 0 Å². The number of halogens is 1. The summed E-state index contributed by atoms with van der Waals surface area (Å²) in [7, 11) is -2.74. The number of carbonyl (C=O) groups is 1. The molecule has 1 heterocycles. The number of benzene rings is 2. The molecule has 0 radical (unpaired) electrons. The molecular weight excluding hydrogens is 471 g/mol. The number of ether oxygens (including phenoxy) is 1. The number of anilines is 2. The van der Waals surface area contributed by atoms with Gasteiger partial charge < -0.3 is 15.4 Å². The monoisotopic (exact) mass is 496 g/mol. The van der Waals surface area contributed by atoms with Crippen LogP contribution in [0.15, 0.2) is 59.5 Å². The second-order valence-electron chi connectivity index (χ2n) is 7.56. The number of nitrogens with two attached hydrogens (primary N) is 1. The molecule has 2 aromatic carbocycles. The Morgan fingerprint density at radius 2 is 1.97 bits per heavy atom. The van der Waals surface area contributed by atoms with Crippen molar-refractivity contribution in [1.29, 1.82) is 0 Å². The molecule has 0 spiro atoms. The zero-order valence-electron chi connectivity index (χ0n) is 19.4. The third-order valence-electron chi connectivity index (χ3n) is 5.23. The van der Waals surface area contributed by atoms with E-state index in [0.29, 0.717) is 17.7 Å². The van der Waals surface area contributed by atoms with Crippen molar-refractivity contribution in [2.45, 2.75) is 24.8 Å². The first-order valence-electron chi connectivity index (χ1n) is 10.6. The van der Waals surface area contributed by atoms with Gasteiger partial charge in [-0.1, -0.05) is 30.0 Å². The van der Waals surface area contributed by atoms with Crippen LogP contribution in [-0.4, -0.2) is 33.5 Å². The molecule has 0 unspecified atom stereocenters. The lowest BCUT2D eigenvalue weighted by Crippen LogP contribution is -2.26. The predicted molar refractivity (Wildman–Crippen MR) is 132 cm³/mol. The summed E-state index contributed by atoms with van der Waals surface area (Å²) in [6, 6.07) is 13.6. The summed E-state index contributed by atoms with van der Waals surface area (Å²) in [4.78, 5) is 17.0. The minimum Gasteiger partial charge on any atom is -0.495 e. The van der Waals surface area contributed by atoms with E-state index in [1.165, 1.54) is 30.2 Å². The molecule has 3 aromatic rings. The first kappa shape index (κ1) is 25.7. The van der Waals surface area contributed by atoms with Crippen LogP contribution >= 0.6 is 0 Å². The Morgan fingerprint density at radius 1 is 1.23 bits per heavy atom. The van der Waals surface area contributed by atoms with Crippen LogP contribution in [0, 0.1) is 24.7 Å². The van der Waals surface area contributed by atoms with E-state index in [4.69, 9.17) is 10.5 Å². The van der Waals surface area contributed by atoms with Crippen molar-refractivity contribution in [2.24, 2.45) is 5.73 Å². The maximum atomic E-state index is 13.4. The Kier molecular flexibility index (Phi) is 8.06. The summed E-state index contributed by atoms with van der Waals surface area (Å²) in [5.74, 6) is 4.96. The summed E-state index contributed by atoms with van der Waals surface area (Å²) < 4.78 is 47.1. The SMILES string of the molecule is COc1cc(S(=O)(=O)Nc2cccc(F)n2)c(C)cc1N(C=O)[C@H](C)c1cccc(C#CCN)c1. The highest BCUT2D eigenvalue weighted by atomic mass is 32.2. The average Bonchev–Trinajstić information content (AvgIpc) is 2.83. The predicted octanol–water partition coefficient (Wildman–Crippen LogP) is 3.37. The van der Waals surface area contributed by atoms with E-state index in [-0.39, 0.29) is 23.0 Å². The lowest BCUT2D eigenvalue weighted by Gasteiger charge is -2.28. The quantitative estimate of drug-likeness (QED) is 0.281. The number of amides is 1. The van der Waals surface area contributed by atoms with Crippen molar-refractivity contribution < 1.29 is 22.3 Å². The number of hydrogen-bond acceptors (Lipinski definition) is 6. The molecule has 0 aliphatic rings. The fourth-order valence-electron chi connectivity index (χ4n) is 3.51. The smallest absolute Gasteiger partial charge is 0.263 e. The summed E-state index contributed by atoms with van der Waals surface area (Å²) in [5.41, 5.74) is 7.76. The van der Waals surface area contributed by atoms with Gasteiger partial charge in [0.25, 0.3) is 10.0 Å². The molecule has 0 fully saturated rings. The topological polar surface area (TPSA) is 115 Å². The molecule has 0 aliphatic carbocycles. The van der Waals surface area contributed by atoms with Crippen LogP contribution in [0.25, 0.3) is 0 Å². The van der Waals surface area contributed by atoms with Crippen molar-refractivity contribution in [3.8, 4) is 17.6 Å². The Balaban J connectivity index is 2.00. The molecule has 1 aromatic heterocycles. The second-order valence-corrected chi connectivity index (χ2v) is 9.21. The zero-order valence-corrected chi connectivity index (χ0v) is 20.3. The summed E-state index contributed by atoms with van der Waals surface area (Å²) >= 11 is 0. The minimum atomic E-state index is -4.12. The molecule has 0 saturated heterocycles. The van der Waals surface area contributed by atoms with Crippen molar-refractivity contribution in [3.63, 3.8) is 0 Å². The summed E-state index contributed by atoms with van der Waals surface area (Å²) in [6.45, 7) is 3.66. The van der Waals surface area contributed by atoms with Gasteiger partial charge in [-0.15, -0.1) is 0 Å². The number of rotatable bonds is 8. The molecule has 3 rings (SSSR count). The van der Waals surface area contributed by atoms with E-state index in [2.05, 4.69) is 21.5 Å². The first-order chi connectivity index (χ1) is 16.7. The summed E-state index contributed by atoms with van der Waals surface area (Å²) in [6.07, 6.45) is 0.656. The van der Waals surface area contributed by atoms with Gasteiger partial charge in [0.1, 0.15) is 11.6 Å². The molecule has 35 heavy (non-hydrogen) atoms. The van der Waals surface area contributed by atoms with Crippen LogP contribution in [0.1, 0.15) is 29.7 Å². The number of hydrogen-bond donors (Lipinski definition) is 2. The lowest BCUT2D eigenvalue weighted by molar-refractivity contribution is -0.107. The van der Waals surface area contributed by atoms with Gasteiger partial charge in [0, 0.05) is 11.6 Å². The Labute approximate surface area is 204 Å². The number of nitrogens with zero attached hydrogens (tertiary/aromatic N) is 2. The van der Waals surface area contributed by atoms with Gasteiger partial charge in [-0.2, -0.15) is 4.39 Å². The number of nitrogens with one attached hydrogen (secondary N) is 1. The molecule has 1 amide bonds. The summed E-state index contributed by atoms with van der Waals surface area (Å²) in [5, 5.41) is 0. The number of carbonyl (C=O) groups excluding carboxylic acids is 1. The molecule has 0 aliphatic heterocycles. The highest BCUT2D eigenvalue weighted by Crippen LogP contribution is 2.37. The van der Waals surface area contributed by atoms with Crippen molar-refractivity contribution in [2.75, 3.05) is 23.3 Å². The highest BCUT2D eigenvalue weighted by molar-refractivity contribution is 7.92. The van der Waals surface area contributed by atoms with Gasteiger partial charge in [-0.3, -0.25) is 9.52 Å². The van der Waals surface area contributed by atoms with Gasteiger partial charge in [-0.25, -0.2) is 13.4 Å². The molecular formula is C25H25FN4O4S. The number of sulfonamides is 1. The standard InChI is InChI=1S/C25H25FN4O4S/c1-17-13-21(30(16-31)18(2)20-9-4-7-19(14-20)8-6-12-27)22(34-3)15-23(17)35(32,33)29-25-11-5-10-24(26)28-25/h4-5,7,9-11,13-16,18H,12,27H2,1-3H3,(H,28,29)/t18-/m1/s1. The van der Waals surface area contributed by atoms with E-state index in [1.807, 2.05) is 31.2 Å². The Bertz CT molecular complexity index is 1400. The molecule has 3 N–H and O–H groups in total. The molecule has 1 atom stereocenters. The lowest BCUT2D eigenvalue weighted by atomic mass is 10.0. The molecule has 182 valence electrons. The van der Waals surface area contributed by atoms with E-state index >= 15 is 0 Å². The van der Waals surface area contributed by atoms with Gasteiger partial charge >= 0.3 is 0 Å². The maximum absolute atomic E-state index is 13.4. The number of pyridine rings is 1. The van der Waals surface area contributed by atoms with Crippen LogP contribution < -0.4 is 20.1 Å². The van der Waals surface area contributed by atoms with E-state index in [0.717, 1.165) is 17.2 Å². The molecule has 0 saturated carbocycles. The zero-order chi connectivity index (χ0) is 25.6. The van der Waals surface area contributed by atoms with E-state index in [1.54, 1.807) is 13.0 Å². The van der Waals surface area contributed by atoms with Crippen molar-refractivity contribution in [3.05, 3.63) is 77.2 Å². The normalized spacial score (nSPS) is 11.7. The van der Waals surface area contributed by atoms with Crippen LogP contribution in [-0.2, 0) is 14.8 Å². The third-order valence-corrected chi connectivity index (χ3v) is 6.73. The average molecular weight is 497 g/mol. The van der Waals surface area contributed by atoms with Crippen LogP contribution in [0.5, 0.6) is 5.75 Å². The van der Waals surface area contributed by atoms with E-state index in [9.17, 15) is 17.6 Å². The number of aryl methyl sites for hydroxylation is 1. The molecule has 10 heteroatoms. The minimum absolute atomic E-state index is 0.0956. The van der Waals surface area contributed by atoms with Crippen molar-refractivity contribution >= 4 is 27.9 Å². The first-order valence-corrected chi connectivity index (χ1v) is 12.0. The highest BCUT2D eigenvalue weighted by Gasteiger charge is 2.25. The number of aromatic nitrogens is 1. The van der Waals surface area contributed by atoms with Gasteiger partial charge in [0.05, 0.1) is 30.3 Å². The fraction of sp³-hybridized carbons (Fsp3) is 0.200. The Morgan fingerprint density at radius 3 is 2.63 bits per heavy atom. The van der Waals surface area contributed by atoms with Crippen LogP contribution in [0.2, 0.25) is 0 Å². The van der Waals surface area contributed by atoms with Gasteiger partial charge in [0.15, 0.2) is 0 Å². The largest absolute Gasteiger partial charge is 0.495 e. The fourth-order valence-corrected chi connectivity index (χ4v) is 4.76. The van der Waals surface area contributed by atoms with Crippen molar-refractivity contribution in [1.82, 2.24) is 4.98 Å². The maximum Gasteiger partial charge on any atom is 0.263 e. The Hall–Kier alpha value is -3.94. The second kappa shape index (κ2) is 11.0. The van der Waals surface area contributed by atoms with E-state index < -0.39 is 22.0 Å². The van der Waals surface area contributed by atoms with Gasteiger partial charge in [0.2, 0.25) is 12.4 Å². The number of methoxy groups -OCH3 is 1. The van der Waals surface area contributed by atoms with Gasteiger partial charge in [-0.05, 0) is 55.3 Å². The third kappa shape index (κ3) is 5.95. The molecule has 8 nitrogen and oxygen atoms in total. The van der Waals surface area contributed by atoms with Crippen LogP contribution in [0.4, 0.5) is 15.9 Å².